The molecule has 1 saturated carbocycles. The average molecular weight is 355 g/mol. The monoisotopic (exact) mass is 355 g/mol. The third-order valence-corrected chi connectivity index (χ3v) is 6.07. The predicted octanol–water partition coefficient (Wildman–Crippen LogP) is 1.46. The van der Waals surface area contributed by atoms with E-state index in [9.17, 15) is 9.59 Å². The van der Waals surface area contributed by atoms with Crippen LogP contribution in [0.1, 0.15) is 71.3 Å². The number of aromatic nitrogens is 4. The van der Waals surface area contributed by atoms with Gasteiger partial charge in [-0.3, -0.25) is 9.59 Å². The first kappa shape index (κ1) is 15.7. The minimum absolute atomic E-state index is 0.00812. The summed E-state index contributed by atoms with van der Waals surface area (Å²) in [7, 11) is 0. The van der Waals surface area contributed by atoms with Crippen molar-refractivity contribution in [3.8, 4) is 0 Å². The van der Waals surface area contributed by atoms with E-state index < -0.39 is 0 Å². The van der Waals surface area contributed by atoms with E-state index in [0.717, 1.165) is 55.6 Å². The fourth-order valence-electron chi connectivity index (χ4n) is 4.50. The summed E-state index contributed by atoms with van der Waals surface area (Å²) in [6, 6.07) is 0. The van der Waals surface area contributed by atoms with Gasteiger partial charge in [0, 0.05) is 30.0 Å². The third-order valence-electron chi connectivity index (χ3n) is 6.07. The van der Waals surface area contributed by atoms with Gasteiger partial charge >= 0.3 is 0 Å². The Labute approximate surface area is 150 Å². The number of likely N-dealkylation sites (tertiary alicyclic amines) is 1. The van der Waals surface area contributed by atoms with Gasteiger partial charge in [0.25, 0.3) is 11.5 Å². The van der Waals surface area contributed by atoms with Crippen molar-refractivity contribution in [2.24, 2.45) is 0 Å². The first-order valence-electron chi connectivity index (χ1n) is 9.29. The summed E-state index contributed by atoms with van der Waals surface area (Å²) in [4.78, 5) is 35.1. The summed E-state index contributed by atoms with van der Waals surface area (Å²) in [5, 5.41) is 7.48. The second-order valence-corrected chi connectivity index (χ2v) is 7.86. The number of carbonyl (C=O) groups excluding carboxylic acids is 1. The zero-order valence-electron chi connectivity index (χ0n) is 14.7. The lowest BCUT2D eigenvalue weighted by Gasteiger charge is -2.40. The molecule has 0 bridgehead atoms. The lowest BCUT2D eigenvalue weighted by molar-refractivity contribution is 0.0621. The van der Waals surface area contributed by atoms with Gasteiger partial charge in [-0.05, 0) is 50.6 Å². The fraction of sp³-hybridized carbons (Fsp3) is 0.611. The van der Waals surface area contributed by atoms with Crippen molar-refractivity contribution in [3.05, 3.63) is 38.8 Å². The number of amides is 1. The molecule has 1 unspecified atom stereocenters. The van der Waals surface area contributed by atoms with E-state index in [4.69, 9.17) is 4.98 Å². The predicted molar refractivity (Wildman–Crippen MR) is 91.0 cm³/mol. The molecule has 8 heteroatoms. The highest BCUT2D eigenvalue weighted by Crippen LogP contribution is 2.45. The highest BCUT2D eigenvalue weighted by molar-refractivity contribution is 5.93. The molecule has 5 rings (SSSR count). The lowest BCUT2D eigenvalue weighted by Crippen LogP contribution is -2.48. The SMILES string of the molecule is Cc1nonc1C(=O)N1CCCC2(CCc3c2nc(C2CC2)[nH]c3=O)C1. The van der Waals surface area contributed by atoms with E-state index in [0.29, 0.717) is 24.7 Å². The van der Waals surface area contributed by atoms with E-state index in [1.54, 1.807) is 6.92 Å². The second-order valence-electron chi connectivity index (χ2n) is 7.86. The molecular weight excluding hydrogens is 334 g/mol. The van der Waals surface area contributed by atoms with Gasteiger partial charge < -0.3 is 9.88 Å². The maximum Gasteiger partial charge on any atom is 0.278 e. The topological polar surface area (TPSA) is 105 Å². The molecule has 1 aliphatic heterocycles. The van der Waals surface area contributed by atoms with Crippen LogP contribution in [0.15, 0.2) is 9.42 Å². The van der Waals surface area contributed by atoms with E-state index >= 15 is 0 Å². The lowest BCUT2D eigenvalue weighted by atomic mass is 9.77. The molecule has 2 aromatic rings. The summed E-state index contributed by atoms with van der Waals surface area (Å²) in [5.74, 6) is 1.08. The fourth-order valence-corrected chi connectivity index (χ4v) is 4.50. The average Bonchev–Trinajstić information content (AvgIpc) is 3.32. The summed E-state index contributed by atoms with van der Waals surface area (Å²) in [5.41, 5.74) is 2.31. The van der Waals surface area contributed by atoms with Crippen LogP contribution in [-0.2, 0) is 11.8 Å². The number of aromatic amines is 1. The molecule has 1 atom stereocenters. The van der Waals surface area contributed by atoms with Gasteiger partial charge in [-0.2, -0.15) is 0 Å². The van der Waals surface area contributed by atoms with Crippen LogP contribution in [0.4, 0.5) is 0 Å². The number of carbonyl (C=O) groups is 1. The zero-order chi connectivity index (χ0) is 17.9. The molecule has 2 fully saturated rings. The van der Waals surface area contributed by atoms with E-state index in [1.165, 1.54) is 0 Å². The summed E-state index contributed by atoms with van der Waals surface area (Å²) < 4.78 is 4.69. The van der Waals surface area contributed by atoms with Crippen molar-refractivity contribution >= 4 is 5.91 Å². The van der Waals surface area contributed by atoms with Crippen molar-refractivity contribution in [1.29, 1.82) is 0 Å². The summed E-state index contributed by atoms with van der Waals surface area (Å²) >= 11 is 0. The highest BCUT2D eigenvalue weighted by atomic mass is 16.6. The van der Waals surface area contributed by atoms with Crippen LogP contribution in [0.5, 0.6) is 0 Å². The molecule has 26 heavy (non-hydrogen) atoms. The Bertz CT molecular complexity index is 945. The van der Waals surface area contributed by atoms with Crippen molar-refractivity contribution in [1.82, 2.24) is 25.2 Å². The molecule has 2 aromatic heterocycles. The van der Waals surface area contributed by atoms with E-state index in [1.807, 2.05) is 4.90 Å². The molecule has 136 valence electrons. The maximum absolute atomic E-state index is 12.9. The van der Waals surface area contributed by atoms with Crippen LogP contribution in [0, 0.1) is 6.92 Å². The number of rotatable bonds is 2. The van der Waals surface area contributed by atoms with Gasteiger partial charge in [-0.25, -0.2) is 9.61 Å². The molecule has 8 nitrogen and oxygen atoms in total. The number of nitrogens with zero attached hydrogens (tertiary/aromatic N) is 4. The van der Waals surface area contributed by atoms with Gasteiger partial charge in [0.15, 0.2) is 5.69 Å². The molecule has 1 N–H and O–H groups in total. The first-order valence-corrected chi connectivity index (χ1v) is 9.29. The Hall–Kier alpha value is -2.51. The van der Waals surface area contributed by atoms with Gasteiger partial charge in [0.2, 0.25) is 0 Å². The Morgan fingerprint density at radius 2 is 2.15 bits per heavy atom. The van der Waals surface area contributed by atoms with Gasteiger partial charge in [0.05, 0.1) is 5.69 Å². The molecule has 1 amide bonds. The normalized spacial score (nSPS) is 24.9. The molecule has 0 radical (unpaired) electrons. The van der Waals surface area contributed by atoms with Crippen LogP contribution >= 0.6 is 0 Å². The number of piperidine rings is 1. The number of hydrogen-bond donors (Lipinski definition) is 1. The van der Waals surface area contributed by atoms with Crippen LogP contribution in [0.3, 0.4) is 0 Å². The molecule has 1 spiro atoms. The van der Waals surface area contributed by atoms with Crippen molar-refractivity contribution in [2.75, 3.05) is 13.1 Å². The molecule has 3 aliphatic rings. The second kappa shape index (κ2) is 5.49. The number of fused-ring (bicyclic) bond motifs is 2. The van der Waals surface area contributed by atoms with Crippen molar-refractivity contribution in [3.63, 3.8) is 0 Å². The van der Waals surface area contributed by atoms with Crippen LogP contribution in [-0.4, -0.2) is 44.2 Å². The Balaban J connectivity index is 1.50. The smallest absolute Gasteiger partial charge is 0.278 e. The minimum atomic E-state index is -0.216. The summed E-state index contributed by atoms with van der Waals surface area (Å²) in [6.07, 6.45) is 5.64. The standard InChI is InChI=1S/C18H21N5O3/c1-10-13(22-26-21-10)17(25)23-8-2-6-18(9-23)7-5-12-14(18)19-15(11-3-4-11)20-16(12)24/h11H,2-9H2,1H3,(H,19,20,24). The third kappa shape index (κ3) is 2.31. The molecule has 2 aliphatic carbocycles. The van der Waals surface area contributed by atoms with Crippen LogP contribution < -0.4 is 5.56 Å². The van der Waals surface area contributed by atoms with Crippen LogP contribution in [0.2, 0.25) is 0 Å². The number of hydrogen-bond acceptors (Lipinski definition) is 6. The minimum Gasteiger partial charge on any atom is -0.336 e. The summed E-state index contributed by atoms with van der Waals surface area (Å²) in [6.45, 7) is 2.98. The highest BCUT2D eigenvalue weighted by Gasteiger charge is 2.46. The number of nitrogens with one attached hydrogen (secondary N) is 1. The quantitative estimate of drug-likeness (QED) is 0.874. The largest absolute Gasteiger partial charge is 0.336 e. The van der Waals surface area contributed by atoms with E-state index in [2.05, 4.69) is 19.9 Å². The first-order chi connectivity index (χ1) is 12.6. The van der Waals surface area contributed by atoms with Gasteiger partial charge in [-0.15, -0.1) is 0 Å². The number of H-pyrrole nitrogens is 1. The molecule has 1 saturated heterocycles. The Morgan fingerprint density at radius 3 is 2.88 bits per heavy atom. The van der Waals surface area contributed by atoms with Gasteiger partial charge in [0.1, 0.15) is 11.5 Å². The zero-order valence-corrected chi connectivity index (χ0v) is 14.7. The van der Waals surface area contributed by atoms with Crippen molar-refractivity contribution in [2.45, 2.75) is 56.8 Å². The van der Waals surface area contributed by atoms with Crippen LogP contribution in [0.25, 0.3) is 0 Å². The maximum atomic E-state index is 12.9. The molecule has 3 heterocycles. The Morgan fingerprint density at radius 1 is 1.31 bits per heavy atom. The van der Waals surface area contributed by atoms with Crippen molar-refractivity contribution < 1.29 is 9.42 Å². The number of aryl methyl sites for hydroxylation is 1. The Kier molecular flexibility index (Phi) is 3.32. The van der Waals surface area contributed by atoms with Gasteiger partial charge in [-0.1, -0.05) is 5.16 Å². The van der Waals surface area contributed by atoms with E-state index in [-0.39, 0.29) is 22.6 Å². The molecule has 0 aromatic carbocycles. The molecular formula is C18H21N5O3.